The van der Waals surface area contributed by atoms with Crippen molar-refractivity contribution in [2.24, 2.45) is 0 Å². The van der Waals surface area contributed by atoms with E-state index < -0.39 is 11.6 Å². The number of carbonyl (C=O) groups excluding carboxylic acids is 1. The van der Waals surface area contributed by atoms with E-state index in [-0.39, 0.29) is 30.1 Å². The van der Waals surface area contributed by atoms with Gasteiger partial charge in [-0.25, -0.2) is 13.8 Å². The summed E-state index contributed by atoms with van der Waals surface area (Å²) >= 11 is 0. The van der Waals surface area contributed by atoms with Crippen LogP contribution in [0, 0.1) is 11.6 Å². The number of aryl methyl sites for hydroxylation is 1. The number of ether oxygens (including phenoxy) is 1. The van der Waals surface area contributed by atoms with E-state index in [1.54, 1.807) is 24.3 Å². The fraction of sp³-hybridized carbons (Fsp3) is 0.200. The molecule has 27 heavy (non-hydrogen) atoms. The summed E-state index contributed by atoms with van der Waals surface area (Å²) in [7, 11) is 0. The molecular weight excluding hydrogens is 354 g/mol. The Morgan fingerprint density at radius 2 is 1.96 bits per heavy atom. The molecule has 1 aromatic heterocycles. The molecule has 0 fully saturated rings. The van der Waals surface area contributed by atoms with E-state index in [2.05, 4.69) is 10.3 Å². The van der Waals surface area contributed by atoms with Gasteiger partial charge in [0.2, 0.25) is 5.91 Å². The summed E-state index contributed by atoms with van der Waals surface area (Å²) in [5.41, 5.74) is 0.777. The molecule has 0 atom stereocenters. The maximum Gasteiger partial charge on any atom is 0.224 e. The lowest BCUT2D eigenvalue weighted by molar-refractivity contribution is -0.116. The van der Waals surface area contributed by atoms with Crippen molar-refractivity contribution in [1.82, 2.24) is 4.98 Å². The molecule has 0 aliphatic rings. The number of amides is 1. The molecule has 2 aromatic carbocycles. The second-order valence-corrected chi connectivity index (χ2v) is 5.75. The normalized spacial score (nSPS) is 10.6. The van der Waals surface area contributed by atoms with Crippen LogP contribution < -0.4 is 10.1 Å². The third-order valence-corrected chi connectivity index (χ3v) is 3.77. The Bertz CT molecular complexity index is 923. The SMILES string of the molecule is CCOc1ccc(NC(=O)CCc2ncc(-c3ccc(F)cc3F)o2)cc1. The first-order valence-corrected chi connectivity index (χ1v) is 8.48. The third kappa shape index (κ3) is 4.91. The molecule has 5 nitrogen and oxygen atoms in total. The molecule has 0 saturated carbocycles. The first-order valence-electron chi connectivity index (χ1n) is 8.48. The molecule has 0 spiro atoms. The van der Waals surface area contributed by atoms with Crippen LogP contribution in [-0.2, 0) is 11.2 Å². The predicted octanol–water partition coefficient (Wildman–Crippen LogP) is 4.59. The number of nitrogens with one attached hydrogen (secondary N) is 1. The van der Waals surface area contributed by atoms with Crippen LogP contribution in [0.25, 0.3) is 11.3 Å². The minimum atomic E-state index is -0.731. The summed E-state index contributed by atoms with van der Waals surface area (Å²) in [6, 6.07) is 10.3. The van der Waals surface area contributed by atoms with Crippen molar-refractivity contribution >= 4 is 11.6 Å². The van der Waals surface area contributed by atoms with Gasteiger partial charge in [0.15, 0.2) is 11.7 Å². The average Bonchev–Trinajstić information content (AvgIpc) is 3.10. The van der Waals surface area contributed by atoms with Crippen molar-refractivity contribution in [3.8, 4) is 17.1 Å². The van der Waals surface area contributed by atoms with Crippen LogP contribution >= 0.6 is 0 Å². The number of halogens is 2. The van der Waals surface area contributed by atoms with E-state index in [0.717, 1.165) is 17.9 Å². The van der Waals surface area contributed by atoms with E-state index >= 15 is 0 Å². The van der Waals surface area contributed by atoms with E-state index in [0.29, 0.717) is 18.2 Å². The summed E-state index contributed by atoms with van der Waals surface area (Å²) in [6.45, 7) is 2.47. The van der Waals surface area contributed by atoms with E-state index in [1.165, 1.54) is 12.3 Å². The van der Waals surface area contributed by atoms with Crippen molar-refractivity contribution < 1.29 is 22.7 Å². The highest BCUT2D eigenvalue weighted by molar-refractivity contribution is 5.90. The molecule has 1 amide bonds. The van der Waals surface area contributed by atoms with E-state index in [9.17, 15) is 13.6 Å². The topological polar surface area (TPSA) is 64.4 Å². The smallest absolute Gasteiger partial charge is 0.224 e. The lowest BCUT2D eigenvalue weighted by Crippen LogP contribution is -2.12. The Labute approximate surface area is 155 Å². The van der Waals surface area contributed by atoms with Gasteiger partial charge in [-0.05, 0) is 43.3 Å². The first-order chi connectivity index (χ1) is 13.0. The molecule has 1 N–H and O–H groups in total. The molecule has 0 aliphatic carbocycles. The van der Waals surface area contributed by atoms with E-state index in [4.69, 9.17) is 9.15 Å². The van der Waals surface area contributed by atoms with Crippen molar-refractivity contribution in [3.63, 3.8) is 0 Å². The minimum absolute atomic E-state index is 0.119. The molecular formula is C20H18F2N2O3. The largest absolute Gasteiger partial charge is 0.494 e. The molecule has 3 rings (SSSR count). The lowest BCUT2D eigenvalue weighted by atomic mass is 10.2. The number of nitrogens with zero attached hydrogens (tertiary/aromatic N) is 1. The van der Waals surface area contributed by atoms with Crippen LogP contribution in [0.15, 0.2) is 53.1 Å². The third-order valence-electron chi connectivity index (χ3n) is 3.77. The zero-order valence-corrected chi connectivity index (χ0v) is 14.7. The zero-order valence-electron chi connectivity index (χ0n) is 14.7. The van der Waals surface area contributed by atoms with Crippen LogP contribution in [0.3, 0.4) is 0 Å². The number of hydrogen-bond acceptors (Lipinski definition) is 4. The van der Waals surface area contributed by atoms with Crippen molar-refractivity contribution in [1.29, 1.82) is 0 Å². The fourth-order valence-electron chi connectivity index (χ4n) is 2.48. The Balaban J connectivity index is 1.55. The monoisotopic (exact) mass is 372 g/mol. The quantitative estimate of drug-likeness (QED) is 0.659. The van der Waals surface area contributed by atoms with Gasteiger partial charge in [0.05, 0.1) is 18.4 Å². The Morgan fingerprint density at radius 1 is 1.19 bits per heavy atom. The van der Waals surface area contributed by atoms with Crippen LogP contribution in [0.5, 0.6) is 5.75 Å². The Morgan fingerprint density at radius 3 is 2.67 bits per heavy atom. The molecule has 1 heterocycles. The molecule has 3 aromatic rings. The molecule has 0 bridgehead atoms. The number of oxazole rings is 1. The number of rotatable bonds is 7. The van der Waals surface area contributed by atoms with Crippen LogP contribution in [0.1, 0.15) is 19.2 Å². The second kappa shape index (κ2) is 8.44. The highest BCUT2D eigenvalue weighted by atomic mass is 19.1. The average molecular weight is 372 g/mol. The van der Waals surface area contributed by atoms with Gasteiger partial charge >= 0.3 is 0 Å². The van der Waals surface area contributed by atoms with Gasteiger partial charge in [0.25, 0.3) is 0 Å². The molecule has 0 unspecified atom stereocenters. The summed E-state index contributed by atoms with van der Waals surface area (Å²) in [5.74, 6) is -0.374. The van der Waals surface area contributed by atoms with Crippen LogP contribution in [0.4, 0.5) is 14.5 Å². The van der Waals surface area contributed by atoms with Gasteiger partial charge < -0.3 is 14.5 Å². The van der Waals surface area contributed by atoms with E-state index in [1.807, 2.05) is 6.92 Å². The number of aromatic nitrogens is 1. The standard InChI is InChI=1S/C20H18F2N2O3/c1-2-26-15-6-4-14(5-7-15)24-19(25)9-10-20-23-12-18(27-20)16-8-3-13(21)11-17(16)22/h3-8,11-12H,2,9-10H2,1H3,(H,24,25). The minimum Gasteiger partial charge on any atom is -0.494 e. The van der Waals surface area contributed by atoms with Gasteiger partial charge in [-0.2, -0.15) is 0 Å². The Kier molecular flexibility index (Phi) is 5.80. The van der Waals surface area contributed by atoms with Gasteiger partial charge in [-0.1, -0.05) is 0 Å². The summed E-state index contributed by atoms with van der Waals surface area (Å²) in [6.07, 6.45) is 1.76. The number of anilines is 1. The van der Waals surface area contributed by atoms with Crippen LogP contribution in [0.2, 0.25) is 0 Å². The van der Waals surface area contributed by atoms with Crippen molar-refractivity contribution in [2.75, 3.05) is 11.9 Å². The summed E-state index contributed by atoms with van der Waals surface area (Å²) in [5, 5.41) is 2.77. The summed E-state index contributed by atoms with van der Waals surface area (Å²) < 4.78 is 37.6. The van der Waals surface area contributed by atoms with Gasteiger partial charge in [-0.15, -0.1) is 0 Å². The summed E-state index contributed by atoms with van der Waals surface area (Å²) in [4.78, 5) is 16.1. The number of benzene rings is 2. The molecule has 0 saturated heterocycles. The Hall–Kier alpha value is -3.22. The molecule has 140 valence electrons. The number of hydrogen-bond donors (Lipinski definition) is 1. The maximum atomic E-state index is 13.8. The van der Waals surface area contributed by atoms with Crippen molar-refractivity contribution in [2.45, 2.75) is 19.8 Å². The van der Waals surface area contributed by atoms with Gasteiger partial charge in [0, 0.05) is 24.6 Å². The first kappa shape index (κ1) is 18.6. The van der Waals surface area contributed by atoms with Gasteiger partial charge in [-0.3, -0.25) is 4.79 Å². The predicted molar refractivity (Wildman–Crippen MR) is 96.4 cm³/mol. The molecule has 0 aliphatic heterocycles. The highest BCUT2D eigenvalue weighted by Gasteiger charge is 2.13. The van der Waals surface area contributed by atoms with Crippen molar-refractivity contribution in [3.05, 3.63) is 66.2 Å². The lowest BCUT2D eigenvalue weighted by Gasteiger charge is -2.06. The number of carbonyl (C=O) groups is 1. The second-order valence-electron chi connectivity index (χ2n) is 5.75. The maximum absolute atomic E-state index is 13.8. The fourth-order valence-corrected chi connectivity index (χ4v) is 2.48. The van der Waals surface area contributed by atoms with Crippen LogP contribution in [-0.4, -0.2) is 17.5 Å². The van der Waals surface area contributed by atoms with Gasteiger partial charge in [0.1, 0.15) is 17.4 Å². The zero-order chi connectivity index (χ0) is 19.2. The highest BCUT2D eigenvalue weighted by Crippen LogP contribution is 2.24. The molecule has 7 heteroatoms. The molecule has 0 radical (unpaired) electrons.